The number of hydrogen-bond acceptors (Lipinski definition) is 3. The fourth-order valence-electron chi connectivity index (χ4n) is 1.38. The molecule has 0 spiro atoms. The average Bonchev–Trinajstić information content (AvgIpc) is 2.42. The van der Waals surface area contributed by atoms with Gasteiger partial charge in [0.2, 0.25) is 11.8 Å². The summed E-state index contributed by atoms with van der Waals surface area (Å²) < 4.78 is 5.04. The molecule has 1 rings (SSSR count). The van der Waals surface area contributed by atoms with E-state index in [1.165, 1.54) is 0 Å². The van der Waals surface area contributed by atoms with Crippen LogP contribution in [0.2, 0.25) is 0 Å². The maximum atomic E-state index is 11.4. The van der Waals surface area contributed by atoms with Crippen LogP contribution < -0.4 is 15.4 Å². The molecule has 0 saturated heterocycles. The van der Waals surface area contributed by atoms with Crippen LogP contribution in [-0.4, -0.2) is 26.0 Å². The molecule has 0 bridgehead atoms. The quantitative estimate of drug-likeness (QED) is 0.786. The van der Waals surface area contributed by atoms with E-state index in [9.17, 15) is 9.59 Å². The van der Waals surface area contributed by atoms with Gasteiger partial charge in [0.05, 0.1) is 7.11 Å². The predicted octanol–water partition coefficient (Wildman–Crippen LogP) is 0.838. The highest BCUT2D eigenvalue weighted by atomic mass is 16.5. The highest BCUT2D eigenvalue weighted by Gasteiger charge is 2.05. The van der Waals surface area contributed by atoms with E-state index in [0.29, 0.717) is 6.54 Å². The van der Waals surface area contributed by atoms with Gasteiger partial charge in [-0.1, -0.05) is 12.1 Å². The van der Waals surface area contributed by atoms with Crippen molar-refractivity contribution in [1.82, 2.24) is 10.6 Å². The molecule has 0 fully saturated rings. The van der Waals surface area contributed by atoms with Crippen molar-refractivity contribution in [2.24, 2.45) is 0 Å². The summed E-state index contributed by atoms with van der Waals surface area (Å²) in [6.07, 6.45) is 0.417. The molecule has 0 aliphatic heterocycles. The Balaban J connectivity index is 2.31. The highest BCUT2D eigenvalue weighted by Crippen LogP contribution is 2.10. The third kappa shape index (κ3) is 4.86. The van der Waals surface area contributed by atoms with Gasteiger partial charge in [-0.2, -0.15) is 0 Å². The zero-order valence-corrected chi connectivity index (χ0v) is 10.7. The average molecular weight is 250 g/mol. The Kier molecular flexibility index (Phi) is 5.70. The first-order valence-electron chi connectivity index (χ1n) is 5.76. The Morgan fingerprint density at radius 2 is 1.72 bits per heavy atom. The molecular weight excluding hydrogens is 232 g/mol. The zero-order valence-electron chi connectivity index (χ0n) is 10.7. The first-order valence-corrected chi connectivity index (χ1v) is 5.76. The van der Waals surface area contributed by atoms with E-state index in [1.807, 2.05) is 24.3 Å². The van der Waals surface area contributed by atoms with Crippen molar-refractivity contribution in [2.75, 3.05) is 14.2 Å². The largest absolute Gasteiger partial charge is 0.497 e. The summed E-state index contributed by atoms with van der Waals surface area (Å²) in [5.74, 6) is 0.522. The van der Waals surface area contributed by atoms with Crippen LogP contribution in [0.5, 0.6) is 5.75 Å². The number of nitrogens with one attached hydrogen (secondary N) is 2. The van der Waals surface area contributed by atoms with Crippen molar-refractivity contribution in [3.8, 4) is 5.75 Å². The van der Waals surface area contributed by atoms with E-state index in [1.54, 1.807) is 14.2 Å². The second kappa shape index (κ2) is 7.32. The van der Waals surface area contributed by atoms with E-state index >= 15 is 0 Å². The second-order valence-corrected chi connectivity index (χ2v) is 3.80. The van der Waals surface area contributed by atoms with Gasteiger partial charge in [0.1, 0.15) is 5.75 Å². The number of carbonyl (C=O) groups excluding carboxylic acids is 2. The number of hydrogen-bond donors (Lipinski definition) is 2. The maximum absolute atomic E-state index is 11.4. The lowest BCUT2D eigenvalue weighted by atomic mass is 10.2. The zero-order chi connectivity index (χ0) is 13.4. The van der Waals surface area contributed by atoms with Crippen molar-refractivity contribution in [3.63, 3.8) is 0 Å². The lowest BCUT2D eigenvalue weighted by molar-refractivity contribution is -0.126. The SMILES string of the molecule is CNC(=O)CCC(=O)NCc1ccc(OC)cc1. The lowest BCUT2D eigenvalue weighted by Gasteiger charge is -2.06. The second-order valence-electron chi connectivity index (χ2n) is 3.80. The van der Waals surface area contributed by atoms with Crippen LogP contribution in [0.25, 0.3) is 0 Å². The van der Waals surface area contributed by atoms with Crippen LogP contribution in [-0.2, 0) is 16.1 Å². The number of rotatable bonds is 6. The minimum absolute atomic E-state index is 0.130. The van der Waals surface area contributed by atoms with Gasteiger partial charge in [0.25, 0.3) is 0 Å². The number of amides is 2. The summed E-state index contributed by atoms with van der Waals surface area (Å²) in [6.45, 7) is 0.455. The van der Waals surface area contributed by atoms with Crippen molar-refractivity contribution >= 4 is 11.8 Å². The predicted molar refractivity (Wildman–Crippen MR) is 68.1 cm³/mol. The molecule has 5 heteroatoms. The van der Waals surface area contributed by atoms with E-state index in [0.717, 1.165) is 11.3 Å². The fourth-order valence-corrected chi connectivity index (χ4v) is 1.38. The van der Waals surface area contributed by atoms with E-state index < -0.39 is 0 Å². The van der Waals surface area contributed by atoms with E-state index in [4.69, 9.17) is 4.74 Å². The van der Waals surface area contributed by atoms with Crippen molar-refractivity contribution < 1.29 is 14.3 Å². The molecule has 0 heterocycles. The van der Waals surface area contributed by atoms with Gasteiger partial charge in [0, 0.05) is 26.4 Å². The Labute approximate surface area is 107 Å². The van der Waals surface area contributed by atoms with Crippen LogP contribution in [0, 0.1) is 0 Å². The molecule has 5 nitrogen and oxygen atoms in total. The van der Waals surface area contributed by atoms with E-state index in [2.05, 4.69) is 10.6 Å². The third-order valence-corrected chi connectivity index (χ3v) is 2.51. The lowest BCUT2D eigenvalue weighted by Crippen LogP contribution is -2.25. The molecule has 0 aromatic heterocycles. The van der Waals surface area contributed by atoms with Gasteiger partial charge in [-0.05, 0) is 17.7 Å². The summed E-state index contributed by atoms with van der Waals surface area (Å²) in [5, 5.41) is 5.23. The smallest absolute Gasteiger partial charge is 0.220 e. The van der Waals surface area contributed by atoms with Crippen LogP contribution in [0.1, 0.15) is 18.4 Å². The summed E-state index contributed by atoms with van der Waals surface area (Å²) in [6, 6.07) is 7.45. The van der Waals surface area contributed by atoms with Gasteiger partial charge in [-0.15, -0.1) is 0 Å². The third-order valence-electron chi connectivity index (χ3n) is 2.51. The molecule has 1 aromatic rings. The topological polar surface area (TPSA) is 67.4 Å². The molecule has 18 heavy (non-hydrogen) atoms. The molecule has 0 aliphatic rings. The first kappa shape index (κ1) is 14.0. The fraction of sp³-hybridized carbons (Fsp3) is 0.385. The van der Waals surface area contributed by atoms with Gasteiger partial charge >= 0.3 is 0 Å². The molecule has 0 aliphatic carbocycles. The van der Waals surface area contributed by atoms with Gasteiger partial charge in [-0.3, -0.25) is 9.59 Å². The van der Waals surface area contributed by atoms with Gasteiger partial charge < -0.3 is 15.4 Å². The van der Waals surface area contributed by atoms with Gasteiger partial charge in [0.15, 0.2) is 0 Å². The van der Waals surface area contributed by atoms with Crippen LogP contribution in [0.4, 0.5) is 0 Å². The number of benzene rings is 1. The summed E-state index contributed by atoms with van der Waals surface area (Å²) >= 11 is 0. The Morgan fingerprint density at radius 3 is 2.28 bits per heavy atom. The molecule has 0 radical (unpaired) electrons. The van der Waals surface area contributed by atoms with Crippen molar-refractivity contribution in [2.45, 2.75) is 19.4 Å². The van der Waals surface area contributed by atoms with Gasteiger partial charge in [-0.25, -0.2) is 0 Å². The first-order chi connectivity index (χ1) is 8.65. The molecule has 2 N–H and O–H groups in total. The molecule has 0 saturated carbocycles. The minimum Gasteiger partial charge on any atom is -0.497 e. The standard InChI is InChI=1S/C13H18N2O3/c1-14-12(16)7-8-13(17)15-9-10-3-5-11(18-2)6-4-10/h3-6H,7-9H2,1-2H3,(H,14,16)(H,15,17). The van der Waals surface area contributed by atoms with Crippen LogP contribution >= 0.6 is 0 Å². The Morgan fingerprint density at radius 1 is 1.11 bits per heavy atom. The minimum atomic E-state index is -0.130. The maximum Gasteiger partial charge on any atom is 0.220 e. The molecule has 0 unspecified atom stereocenters. The monoisotopic (exact) mass is 250 g/mol. The number of carbonyl (C=O) groups is 2. The van der Waals surface area contributed by atoms with E-state index in [-0.39, 0.29) is 24.7 Å². The summed E-state index contributed by atoms with van der Waals surface area (Å²) in [5.41, 5.74) is 0.990. The summed E-state index contributed by atoms with van der Waals surface area (Å²) in [4.78, 5) is 22.4. The molecule has 98 valence electrons. The molecule has 1 aromatic carbocycles. The van der Waals surface area contributed by atoms with Crippen LogP contribution in [0.3, 0.4) is 0 Å². The highest BCUT2D eigenvalue weighted by molar-refractivity contribution is 5.83. The molecular formula is C13H18N2O3. The summed E-state index contributed by atoms with van der Waals surface area (Å²) in [7, 11) is 3.16. The molecule has 0 atom stereocenters. The van der Waals surface area contributed by atoms with Crippen molar-refractivity contribution in [3.05, 3.63) is 29.8 Å². The normalized spacial score (nSPS) is 9.67. The Hall–Kier alpha value is -2.04. The van der Waals surface area contributed by atoms with Crippen molar-refractivity contribution in [1.29, 1.82) is 0 Å². The molecule has 2 amide bonds. The van der Waals surface area contributed by atoms with Crippen LogP contribution in [0.15, 0.2) is 24.3 Å². The Bertz CT molecular complexity index is 401. The number of methoxy groups -OCH3 is 1. The number of ether oxygens (including phenoxy) is 1.